The SMILES string of the molecule is O=C(C1CC(c2c(-c3ccc(F)cc3)[nH]c3c(F)cc(F)cc23)C1)N(CCOCCO)C1CCC1. The normalized spacial score (nSPS) is 20.0. The van der Waals surface area contributed by atoms with Crippen molar-refractivity contribution in [2.75, 3.05) is 26.4 Å². The maximum absolute atomic E-state index is 14.6. The van der Waals surface area contributed by atoms with Crippen LogP contribution < -0.4 is 0 Å². The standard InChI is InChI=1S/C27H29F3N2O3/c28-19-6-4-16(5-7-19)25-24(22-14-20(29)15-23(30)26(22)31-25)17-12-18(13-17)27(34)32(21-2-1-3-21)8-10-35-11-9-33/h4-7,14-15,17-18,21,31,33H,1-3,8-13H2. The number of ether oxygens (including phenoxy) is 1. The number of carbonyl (C=O) groups excluding carboxylic acids is 1. The zero-order chi connectivity index (χ0) is 24.5. The van der Waals surface area contributed by atoms with Crippen LogP contribution in [0, 0.1) is 23.4 Å². The van der Waals surface area contributed by atoms with Gasteiger partial charge in [-0.2, -0.15) is 0 Å². The molecule has 1 heterocycles. The summed E-state index contributed by atoms with van der Waals surface area (Å²) in [5.74, 6) is -1.83. The molecule has 1 amide bonds. The quantitative estimate of drug-likeness (QED) is 0.412. The molecule has 0 atom stereocenters. The molecule has 0 bridgehead atoms. The Morgan fingerprint density at radius 3 is 2.46 bits per heavy atom. The Morgan fingerprint density at radius 1 is 1.06 bits per heavy atom. The van der Waals surface area contributed by atoms with Crippen molar-refractivity contribution >= 4 is 16.8 Å². The molecule has 2 N–H and O–H groups in total. The molecule has 2 aliphatic carbocycles. The van der Waals surface area contributed by atoms with Crippen LogP contribution in [0.2, 0.25) is 0 Å². The average Bonchev–Trinajstić information content (AvgIpc) is 3.13. The Balaban J connectivity index is 1.39. The van der Waals surface area contributed by atoms with Crippen LogP contribution in [0.5, 0.6) is 0 Å². The summed E-state index contributed by atoms with van der Waals surface area (Å²) in [5.41, 5.74) is 2.31. The lowest BCUT2D eigenvalue weighted by Crippen LogP contribution is -2.50. The third kappa shape index (κ3) is 4.69. The van der Waals surface area contributed by atoms with Gasteiger partial charge in [0.15, 0.2) is 0 Å². The number of aromatic nitrogens is 1. The number of aliphatic hydroxyl groups is 1. The number of fused-ring (bicyclic) bond motifs is 1. The Bertz CT molecular complexity index is 1200. The van der Waals surface area contributed by atoms with Crippen molar-refractivity contribution in [1.29, 1.82) is 0 Å². The molecule has 2 fully saturated rings. The first-order valence-electron chi connectivity index (χ1n) is 12.2. The lowest BCUT2D eigenvalue weighted by atomic mass is 9.69. The molecule has 3 aromatic rings. The monoisotopic (exact) mass is 486 g/mol. The highest BCUT2D eigenvalue weighted by Crippen LogP contribution is 2.49. The number of hydrogen-bond donors (Lipinski definition) is 2. The molecule has 5 nitrogen and oxygen atoms in total. The summed E-state index contributed by atoms with van der Waals surface area (Å²) in [6.07, 6.45) is 4.24. The first kappa shape index (κ1) is 23.9. The van der Waals surface area contributed by atoms with Crippen molar-refractivity contribution in [2.45, 2.75) is 44.1 Å². The molecule has 2 aromatic carbocycles. The number of nitrogens with one attached hydrogen (secondary N) is 1. The van der Waals surface area contributed by atoms with Crippen molar-refractivity contribution in [3.8, 4) is 11.3 Å². The lowest BCUT2D eigenvalue weighted by Gasteiger charge is -2.43. The molecular weight excluding hydrogens is 457 g/mol. The first-order valence-corrected chi connectivity index (χ1v) is 12.2. The van der Waals surface area contributed by atoms with Crippen LogP contribution >= 0.6 is 0 Å². The number of amides is 1. The van der Waals surface area contributed by atoms with Gasteiger partial charge in [0, 0.05) is 30.0 Å². The number of H-pyrrole nitrogens is 1. The number of hydrogen-bond acceptors (Lipinski definition) is 3. The minimum atomic E-state index is -0.680. The van der Waals surface area contributed by atoms with Gasteiger partial charge in [0.2, 0.25) is 5.91 Å². The van der Waals surface area contributed by atoms with Gasteiger partial charge in [-0.25, -0.2) is 13.2 Å². The molecule has 35 heavy (non-hydrogen) atoms. The van der Waals surface area contributed by atoms with Crippen LogP contribution in [-0.2, 0) is 9.53 Å². The summed E-state index contributed by atoms with van der Waals surface area (Å²) in [7, 11) is 0. The maximum atomic E-state index is 14.6. The molecule has 2 saturated carbocycles. The molecule has 1 aromatic heterocycles. The fourth-order valence-electron chi connectivity index (χ4n) is 5.30. The predicted octanol–water partition coefficient (Wildman–Crippen LogP) is 5.14. The maximum Gasteiger partial charge on any atom is 0.226 e. The van der Waals surface area contributed by atoms with E-state index in [0.29, 0.717) is 42.6 Å². The Hall–Kier alpha value is -2.84. The van der Waals surface area contributed by atoms with E-state index in [2.05, 4.69) is 4.98 Å². The van der Waals surface area contributed by atoms with Crippen molar-refractivity contribution in [3.63, 3.8) is 0 Å². The third-order valence-electron chi connectivity index (χ3n) is 7.40. The van der Waals surface area contributed by atoms with E-state index in [9.17, 15) is 18.0 Å². The first-order chi connectivity index (χ1) is 17.0. The number of aliphatic hydroxyl groups excluding tert-OH is 1. The molecule has 8 heteroatoms. The second kappa shape index (κ2) is 10.0. The zero-order valence-corrected chi connectivity index (χ0v) is 19.4. The summed E-state index contributed by atoms with van der Waals surface area (Å²) in [6, 6.07) is 8.30. The Morgan fingerprint density at radius 2 is 1.80 bits per heavy atom. The number of carbonyl (C=O) groups is 1. The third-order valence-corrected chi connectivity index (χ3v) is 7.40. The Kier molecular flexibility index (Phi) is 6.84. The summed E-state index contributed by atoms with van der Waals surface area (Å²) in [5, 5.41) is 9.38. The van der Waals surface area contributed by atoms with Gasteiger partial charge in [0.05, 0.1) is 31.0 Å². The Labute approximate surface area is 201 Å². The molecule has 2 aliphatic rings. The highest BCUT2D eigenvalue weighted by atomic mass is 19.1. The van der Waals surface area contributed by atoms with E-state index in [0.717, 1.165) is 30.9 Å². The molecular formula is C27H29F3N2O3. The number of nitrogens with zero attached hydrogens (tertiary/aromatic N) is 1. The van der Waals surface area contributed by atoms with Crippen LogP contribution in [0.3, 0.4) is 0 Å². The number of halogens is 3. The minimum Gasteiger partial charge on any atom is -0.394 e. The van der Waals surface area contributed by atoms with Crippen LogP contribution in [-0.4, -0.2) is 53.3 Å². The van der Waals surface area contributed by atoms with Gasteiger partial charge in [-0.05, 0) is 79.5 Å². The van der Waals surface area contributed by atoms with Crippen LogP contribution in [0.4, 0.5) is 13.2 Å². The van der Waals surface area contributed by atoms with Crippen LogP contribution in [0.25, 0.3) is 22.2 Å². The molecule has 0 spiro atoms. The second-order valence-electron chi connectivity index (χ2n) is 9.55. The van der Waals surface area contributed by atoms with Crippen LogP contribution in [0.15, 0.2) is 36.4 Å². The van der Waals surface area contributed by atoms with E-state index >= 15 is 0 Å². The summed E-state index contributed by atoms with van der Waals surface area (Å²) in [6.45, 7) is 1.07. The fourth-order valence-corrected chi connectivity index (χ4v) is 5.30. The van der Waals surface area contributed by atoms with Gasteiger partial charge >= 0.3 is 0 Å². The van der Waals surface area contributed by atoms with E-state index in [4.69, 9.17) is 9.84 Å². The summed E-state index contributed by atoms with van der Waals surface area (Å²) in [4.78, 5) is 18.4. The van der Waals surface area contributed by atoms with E-state index in [1.807, 2.05) is 4.90 Å². The second-order valence-corrected chi connectivity index (χ2v) is 9.55. The smallest absolute Gasteiger partial charge is 0.226 e. The van der Waals surface area contributed by atoms with Gasteiger partial charge in [0.1, 0.15) is 17.5 Å². The summed E-state index contributed by atoms with van der Waals surface area (Å²) < 4.78 is 47.7. The van der Waals surface area contributed by atoms with Gasteiger partial charge in [-0.15, -0.1) is 0 Å². The van der Waals surface area contributed by atoms with E-state index in [1.54, 1.807) is 12.1 Å². The fraction of sp³-hybridized carbons (Fsp3) is 0.444. The van der Waals surface area contributed by atoms with Crippen LogP contribution in [0.1, 0.15) is 43.6 Å². The predicted molar refractivity (Wildman–Crippen MR) is 126 cm³/mol. The average molecular weight is 487 g/mol. The lowest BCUT2D eigenvalue weighted by molar-refractivity contribution is -0.144. The van der Waals surface area contributed by atoms with Crippen molar-refractivity contribution in [3.05, 3.63) is 59.4 Å². The highest BCUT2D eigenvalue weighted by molar-refractivity contribution is 5.92. The van der Waals surface area contributed by atoms with E-state index in [-0.39, 0.29) is 48.3 Å². The van der Waals surface area contributed by atoms with Crippen molar-refractivity contribution < 1.29 is 27.8 Å². The van der Waals surface area contributed by atoms with Gasteiger partial charge in [-0.3, -0.25) is 4.79 Å². The number of rotatable bonds is 9. The molecule has 5 rings (SSSR count). The molecule has 0 saturated heterocycles. The molecule has 0 unspecified atom stereocenters. The van der Waals surface area contributed by atoms with Crippen molar-refractivity contribution in [1.82, 2.24) is 9.88 Å². The molecule has 186 valence electrons. The highest BCUT2D eigenvalue weighted by Gasteiger charge is 2.42. The molecule has 0 radical (unpaired) electrons. The number of benzene rings is 2. The van der Waals surface area contributed by atoms with Crippen molar-refractivity contribution in [2.24, 2.45) is 5.92 Å². The van der Waals surface area contributed by atoms with E-state index < -0.39 is 11.6 Å². The summed E-state index contributed by atoms with van der Waals surface area (Å²) >= 11 is 0. The zero-order valence-electron chi connectivity index (χ0n) is 19.4. The van der Waals surface area contributed by atoms with Gasteiger partial charge < -0.3 is 19.7 Å². The molecule has 0 aliphatic heterocycles. The van der Waals surface area contributed by atoms with E-state index in [1.165, 1.54) is 18.2 Å². The van der Waals surface area contributed by atoms with Gasteiger partial charge in [0.25, 0.3) is 0 Å². The largest absolute Gasteiger partial charge is 0.394 e. The van der Waals surface area contributed by atoms with Gasteiger partial charge in [-0.1, -0.05) is 0 Å². The minimum absolute atomic E-state index is 0.0483. The topological polar surface area (TPSA) is 65.6 Å². The number of aromatic amines is 1.